The Morgan fingerprint density at radius 2 is 2.00 bits per heavy atom. The first-order chi connectivity index (χ1) is 12.5. The van der Waals surface area contributed by atoms with Crippen LogP contribution in [0, 0.1) is 5.92 Å². The third-order valence-corrected chi connectivity index (χ3v) is 4.85. The summed E-state index contributed by atoms with van der Waals surface area (Å²) in [4.78, 5) is 22.5. The highest BCUT2D eigenvalue weighted by Crippen LogP contribution is 2.26. The fraction of sp³-hybridized carbons (Fsp3) is 0.421. The predicted octanol–water partition coefficient (Wildman–Crippen LogP) is 4.37. The first kappa shape index (κ1) is 18.5. The molecule has 0 bridgehead atoms. The third-order valence-electron chi connectivity index (χ3n) is 4.54. The van der Waals surface area contributed by atoms with E-state index in [1.165, 1.54) is 0 Å². The van der Waals surface area contributed by atoms with Crippen molar-refractivity contribution in [3.05, 3.63) is 47.7 Å². The predicted molar refractivity (Wildman–Crippen MR) is 103 cm³/mol. The second-order valence-corrected chi connectivity index (χ2v) is 7.01. The van der Waals surface area contributed by atoms with Crippen LogP contribution in [0.5, 0.6) is 0 Å². The van der Waals surface area contributed by atoms with Gasteiger partial charge in [0.1, 0.15) is 12.4 Å². The molecule has 2 aromatic rings. The van der Waals surface area contributed by atoms with Crippen LogP contribution in [-0.2, 0) is 10.6 Å². The first-order valence-corrected chi connectivity index (χ1v) is 9.23. The van der Waals surface area contributed by atoms with E-state index in [1.54, 1.807) is 17.2 Å². The Bertz CT molecular complexity index is 766. The number of hydrogen-bond donors (Lipinski definition) is 1. The third kappa shape index (κ3) is 3.90. The van der Waals surface area contributed by atoms with Gasteiger partial charge >= 0.3 is 6.09 Å². The van der Waals surface area contributed by atoms with Crippen LogP contribution in [0.3, 0.4) is 0 Å². The molecule has 0 spiro atoms. The molecule has 1 N–H and O–H groups in total. The van der Waals surface area contributed by atoms with E-state index in [-0.39, 0.29) is 24.1 Å². The number of cyclic esters (lactones) is 1. The molecule has 1 fully saturated rings. The molecule has 0 unspecified atom stereocenters. The van der Waals surface area contributed by atoms with Gasteiger partial charge in [0.15, 0.2) is 0 Å². The fourth-order valence-electron chi connectivity index (χ4n) is 2.92. The Balaban J connectivity index is 1.77. The fourth-order valence-corrected chi connectivity index (χ4v) is 3.09. The van der Waals surface area contributed by atoms with Crippen molar-refractivity contribution in [1.29, 1.82) is 0 Å². The van der Waals surface area contributed by atoms with Gasteiger partial charge in [-0.2, -0.15) is 4.98 Å². The maximum atomic E-state index is 12.1. The number of hydrogen-bond acceptors (Lipinski definition) is 5. The Labute approximate surface area is 158 Å². The minimum atomic E-state index is -0.363. The molecule has 0 aliphatic carbocycles. The topological polar surface area (TPSA) is 67.3 Å². The molecule has 26 heavy (non-hydrogen) atoms. The van der Waals surface area contributed by atoms with E-state index >= 15 is 0 Å². The van der Waals surface area contributed by atoms with E-state index in [1.807, 2.05) is 31.2 Å². The molecule has 2 atom stereocenters. The average molecular weight is 375 g/mol. The quantitative estimate of drug-likeness (QED) is 0.760. The summed E-state index contributed by atoms with van der Waals surface area (Å²) in [5.41, 5.74) is 2.18. The van der Waals surface area contributed by atoms with Crippen molar-refractivity contribution in [2.24, 2.45) is 5.92 Å². The number of nitrogens with zero attached hydrogens (tertiary/aromatic N) is 3. The Hall–Kier alpha value is -2.34. The zero-order valence-electron chi connectivity index (χ0n) is 15.1. The maximum absolute atomic E-state index is 12.1. The lowest BCUT2D eigenvalue weighted by Gasteiger charge is -2.23. The monoisotopic (exact) mass is 374 g/mol. The summed E-state index contributed by atoms with van der Waals surface area (Å²) >= 11 is 5.84. The molecule has 0 radical (unpaired) electrons. The van der Waals surface area contributed by atoms with Gasteiger partial charge in [-0.1, -0.05) is 38.1 Å². The molecule has 2 heterocycles. The van der Waals surface area contributed by atoms with Gasteiger partial charge in [-0.05, 0) is 30.0 Å². The van der Waals surface area contributed by atoms with Crippen LogP contribution >= 0.6 is 11.6 Å². The molecule has 1 saturated heterocycles. The molecular weight excluding hydrogens is 352 g/mol. The van der Waals surface area contributed by atoms with E-state index < -0.39 is 0 Å². The SMILES string of the molecule is CC(C)[C@H]1COC(=O)N1c1ccnc(N[C@@H](C)c2ccc(CCl)cc2)n1. The largest absolute Gasteiger partial charge is 0.447 e. The van der Waals surface area contributed by atoms with E-state index in [9.17, 15) is 4.79 Å². The zero-order valence-corrected chi connectivity index (χ0v) is 15.9. The molecule has 1 aliphatic heterocycles. The number of carbonyl (C=O) groups excluding carboxylic acids is 1. The standard InChI is InChI=1S/C19H23ClN4O2/c1-12(2)16-11-26-19(25)24(16)17-8-9-21-18(23-17)22-13(3)15-6-4-14(10-20)5-7-15/h4-9,12-13,16H,10-11H2,1-3H3,(H,21,22,23)/t13-,16+/m0/s1. The first-order valence-electron chi connectivity index (χ1n) is 8.70. The van der Waals surface area contributed by atoms with Crippen molar-refractivity contribution in [2.75, 3.05) is 16.8 Å². The summed E-state index contributed by atoms with van der Waals surface area (Å²) in [6, 6.07) is 9.80. The Kier molecular flexibility index (Phi) is 5.61. The molecule has 7 heteroatoms. The van der Waals surface area contributed by atoms with Crippen molar-refractivity contribution < 1.29 is 9.53 Å². The number of nitrogens with one attached hydrogen (secondary N) is 1. The van der Waals surface area contributed by atoms with Gasteiger partial charge in [0, 0.05) is 12.1 Å². The number of carbonyl (C=O) groups is 1. The van der Waals surface area contributed by atoms with Crippen molar-refractivity contribution in [3.63, 3.8) is 0 Å². The highest BCUT2D eigenvalue weighted by atomic mass is 35.5. The van der Waals surface area contributed by atoms with Crippen LogP contribution in [0.15, 0.2) is 36.5 Å². The maximum Gasteiger partial charge on any atom is 0.415 e. The van der Waals surface area contributed by atoms with E-state index in [4.69, 9.17) is 16.3 Å². The minimum absolute atomic E-state index is 0.0149. The molecular formula is C19H23ClN4O2. The van der Waals surface area contributed by atoms with Crippen molar-refractivity contribution in [2.45, 2.75) is 38.7 Å². The smallest absolute Gasteiger partial charge is 0.415 e. The zero-order chi connectivity index (χ0) is 18.7. The number of halogens is 1. The molecule has 3 rings (SSSR count). The van der Waals surface area contributed by atoms with Crippen LogP contribution in [-0.4, -0.2) is 28.7 Å². The van der Waals surface area contributed by atoms with Gasteiger partial charge < -0.3 is 10.1 Å². The highest BCUT2D eigenvalue weighted by molar-refractivity contribution is 6.17. The molecule has 138 valence electrons. The van der Waals surface area contributed by atoms with Gasteiger partial charge in [0.2, 0.25) is 5.95 Å². The van der Waals surface area contributed by atoms with Crippen LogP contribution in [0.4, 0.5) is 16.6 Å². The van der Waals surface area contributed by atoms with Crippen molar-refractivity contribution in [1.82, 2.24) is 9.97 Å². The number of anilines is 2. The molecule has 1 aromatic heterocycles. The second kappa shape index (κ2) is 7.91. The summed E-state index contributed by atoms with van der Waals surface area (Å²) in [7, 11) is 0. The number of ether oxygens (including phenoxy) is 1. The van der Waals surface area contributed by atoms with Gasteiger partial charge in [-0.3, -0.25) is 4.90 Å². The summed E-state index contributed by atoms with van der Waals surface area (Å²) in [5, 5.41) is 3.28. The molecule has 1 aromatic carbocycles. The van der Waals surface area contributed by atoms with Crippen LogP contribution < -0.4 is 10.2 Å². The lowest BCUT2D eigenvalue weighted by atomic mass is 10.0. The Morgan fingerprint density at radius 3 is 2.65 bits per heavy atom. The summed E-state index contributed by atoms with van der Waals surface area (Å²) in [5.74, 6) is 1.79. The number of amides is 1. The number of rotatable bonds is 6. The molecule has 1 aliphatic rings. The van der Waals surface area contributed by atoms with Crippen LogP contribution in [0.1, 0.15) is 37.9 Å². The normalized spacial score (nSPS) is 18.1. The minimum Gasteiger partial charge on any atom is -0.447 e. The van der Waals surface area contributed by atoms with E-state index in [0.29, 0.717) is 24.3 Å². The second-order valence-electron chi connectivity index (χ2n) is 6.74. The summed E-state index contributed by atoms with van der Waals surface area (Å²) in [6.07, 6.45) is 1.29. The average Bonchev–Trinajstić information content (AvgIpc) is 3.04. The number of aromatic nitrogens is 2. The molecule has 6 nitrogen and oxygen atoms in total. The van der Waals surface area contributed by atoms with Gasteiger partial charge in [0.05, 0.1) is 12.1 Å². The van der Waals surface area contributed by atoms with Crippen molar-refractivity contribution >= 4 is 29.5 Å². The van der Waals surface area contributed by atoms with Crippen molar-refractivity contribution in [3.8, 4) is 0 Å². The summed E-state index contributed by atoms with van der Waals surface area (Å²) < 4.78 is 5.20. The lowest BCUT2D eigenvalue weighted by Crippen LogP contribution is -2.37. The van der Waals surface area contributed by atoms with Gasteiger partial charge in [-0.15, -0.1) is 11.6 Å². The van der Waals surface area contributed by atoms with Gasteiger partial charge in [-0.25, -0.2) is 9.78 Å². The molecule has 1 amide bonds. The van der Waals surface area contributed by atoms with Gasteiger partial charge in [0.25, 0.3) is 0 Å². The van der Waals surface area contributed by atoms with E-state index in [0.717, 1.165) is 11.1 Å². The number of benzene rings is 1. The lowest BCUT2D eigenvalue weighted by molar-refractivity contribution is 0.177. The molecule has 0 saturated carbocycles. The number of alkyl halides is 1. The van der Waals surface area contributed by atoms with Crippen LogP contribution in [0.2, 0.25) is 0 Å². The summed E-state index contributed by atoms with van der Waals surface area (Å²) in [6.45, 7) is 6.54. The Morgan fingerprint density at radius 1 is 1.27 bits per heavy atom. The van der Waals surface area contributed by atoms with Crippen LogP contribution in [0.25, 0.3) is 0 Å². The highest BCUT2D eigenvalue weighted by Gasteiger charge is 2.37. The van der Waals surface area contributed by atoms with E-state index in [2.05, 4.69) is 29.1 Å².